The number of carbonyl (C=O) groups is 4. The molecule has 3 atom stereocenters. The first kappa shape index (κ1) is 35.2. The quantitative estimate of drug-likeness (QED) is 0.0594. The zero-order valence-corrected chi connectivity index (χ0v) is 25.2. The highest BCUT2D eigenvalue weighted by Gasteiger charge is 2.46. The Kier molecular flexibility index (Phi) is 17.0. The maximum absolute atomic E-state index is 13.1. The molecule has 1 rings (SSSR count). The minimum Gasteiger partial charge on any atom is -0.429 e. The minimum absolute atomic E-state index is 0.00814. The van der Waals surface area contributed by atoms with Crippen LogP contribution in [0.2, 0.25) is 0 Å². The van der Waals surface area contributed by atoms with Crippen molar-refractivity contribution in [1.29, 1.82) is 0 Å². The molecule has 0 radical (unpaired) electrons. The van der Waals surface area contributed by atoms with Gasteiger partial charge >= 0.3 is 24.2 Å². The Labute approximate surface area is 239 Å². The smallest absolute Gasteiger partial charge is 0.429 e. The maximum Gasteiger partial charge on any atom is 0.550 e. The number of hydrogen-bond acceptors (Lipinski definition) is 10. The van der Waals surface area contributed by atoms with E-state index in [1.807, 2.05) is 6.92 Å². The molecule has 0 aromatic heterocycles. The van der Waals surface area contributed by atoms with Gasteiger partial charge in [-0.05, 0) is 72.1 Å². The van der Waals surface area contributed by atoms with E-state index in [1.165, 1.54) is 0 Å². The van der Waals surface area contributed by atoms with Gasteiger partial charge in [-0.1, -0.05) is 70.4 Å². The summed E-state index contributed by atoms with van der Waals surface area (Å²) >= 11 is 0. The molecule has 230 valence electrons. The van der Waals surface area contributed by atoms with Crippen LogP contribution in [0.25, 0.3) is 0 Å². The lowest BCUT2D eigenvalue weighted by Gasteiger charge is -2.38. The van der Waals surface area contributed by atoms with Gasteiger partial charge < -0.3 is 9.47 Å². The fraction of sp³-hybridized carbons (Fsp3) is 0.800. The number of ether oxygens (including phenoxy) is 2. The summed E-state index contributed by atoms with van der Waals surface area (Å²) in [4.78, 5) is 66.1. The van der Waals surface area contributed by atoms with E-state index in [9.17, 15) is 19.2 Å². The van der Waals surface area contributed by atoms with Gasteiger partial charge in [0, 0.05) is 0 Å². The molecule has 10 heteroatoms. The first-order valence-corrected chi connectivity index (χ1v) is 14.8. The second-order valence-corrected chi connectivity index (χ2v) is 11.4. The van der Waals surface area contributed by atoms with Crippen LogP contribution < -0.4 is 0 Å². The molecule has 3 unspecified atom stereocenters. The Morgan fingerprint density at radius 3 is 1.90 bits per heavy atom. The standard InChI is InChI=1S/C30H50O10/c1-7-8-9-14-17-25-20-19-24(21-30(25,6)27(32)38-40-29(34)36-23(4)5)16-13-11-10-12-15-18-26(31)37-39-28(33)35-22(2)3/h19-20,22-25H,7-18,21H2,1-6H3. The normalized spacial score (nSPS) is 20.2. The Morgan fingerprint density at radius 2 is 1.27 bits per heavy atom. The van der Waals surface area contributed by atoms with E-state index in [2.05, 4.69) is 33.7 Å². The Balaban J connectivity index is 2.47. The van der Waals surface area contributed by atoms with Crippen molar-refractivity contribution < 1.29 is 48.2 Å². The van der Waals surface area contributed by atoms with Crippen LogP contribution in [0.1, 0.15) is 125 Å². The second-order valence-electron chi connectivity index (χ2n) is 11.4. The fourth-order valence-electron chi connectivity index (χ4n) is 4.83. The van der Waals surface area contributed by atoms with Crippen molar-refractivity contribution in [2.24, 2.45) is 17.3 Å². The molecule has 40 heavy (non-hydrogen) atoms. The van der Waals surface area contributed by atoms with Crippen molar-refractivity contribution >= 4 is 24.2 Å². The highest BCUT2D eigenvalue weighted by Crippen LogP contribution is 2.45. The molecule has 0 aliphatic heterocycles. The van der Waals surface area contributed by atoms with E-state index in [-0.39, 0.29) is 30.5 Å². The maximum atomic E-state index is 13.1. The molecule has 0 saturated heterocycles. The van der Waals surface area contributed by atoms with Crippen molar-refractivity contribution in [3.8, 4) is 0 Å². The molecule has 0 N–H and O–H groups in total. The first-order chi connectivity index (χ1) is 19.0. The Morgan fingerprint density at radius 1 is 0.725 bits per heavy atom. The van der Waals surface area contributed by atoms with Crippen LogP contribution in [-0.4, -0.2) is 36.5 Å². The highest BCUT2D eigenvalue weighted by atomic mass is 17.2. The number of carbonyl (C=O) groups excluding carboxylic acids is 4. The molecule has 0 fully saturated rings. The van der Waals surface area contributed by atoms with Crippen LogP contribution in [0.3, 0.4) is 0 Å². The average molecular weight is 571 g/mol. The van der Waals surface area contributed by atoms with Gasteiger partial charge in [0.2, 0.25) is 0 Å². The first-order valence-electron chi connectivity index (χ1n) is 14.8. The third-order valence-electron chi connectivity index (χ3n) is 6.96. The molecule has 0 aromatic rings. The molecule has 1 aliphatic rings. The molecule has 1 aliphatic carbocycles. The van der Waals surface area contributed by atoms with Gasteiger partial charge in [-0.25, -0.2) is 29.1 Å². The van der Waals surface area contributed by atoms with Crippen LogP contribution in [0, 0.1) is 17.3 Å². The van der Waals surface area contributed by atoms with Gasteiger partial charge in [0.25, 0.3) is 0 Å². The number of unbranched alkanes of at least 4 members (excludes halogenated alkanes) is 7. The van der Waals surface area contributed by atoms with Gasteiger partial charge in [0.05, 0.1) is 24.0 Å². The summed E-state index contributed by atoms with van der Waals surface area (Å²) in [6, 6.07) is 0. The molecule has 0 bridgehead atoms. The van der Waals surface area contributed by atoms with E-state index in [0.717, 1.165) is 64.2 Å². The number of allylic oxidation sites excluding steroid dienone is 2. The summed E-state index contributed by atoms with van der Waals surface area (Å²) in [5.41, 5.74) is -0.798. The van der Waals surface area contributed by atoms with Crippen molar-refractivity contribution in [3.63, 3.8) is 0 Å². The fourth-order valence-corrected chi connectivity index (χ4v) is 4.83. The van der Waals surface area contributed by atoms with E-state index in [4.69, 9.17) is 14.4 Å². The third kappa shape index (κ3) is 14.6. The number of rotatable bonds is 16. The molecular formula is C30H50O10. The summed E-state index contributed by atoms with van der Waals surface area (Å²) in [5, 5.41) is 0. The third-order valence-corrected chi connectivity index (χ3v) is 6.96. The topological polar surface area (TPSA) is 124 Å². The lowest BCUT2D eigenvalue weighted by Crippen LogP contribution is -2.41. The van der Waals surface area contributed by atoms with Gasteiger partial charge in [-0.3, -0.25) is 0 Å². The zero-order chi connectivity index (χ0) is 30.0. The summed E-state index contributed by atoms with van der Waals surface area (Å²) < 4.78 is 9.62. The van der Waals surface area contributed by atoms with E-state index in [1.54, 1.807) is 27.7 Å². The molecular weight excluding hydrogens is 520 g/mol. The van der Waals surface area contributed by atoms with Crippen LogP contribution in [0.15, 0.2) is 12.2 Å². The summed E-state index contributed by atoms with van der Waals surface area (Å²) in [6.07, 6.45) is 13.0. The van der Waals surface area contributed by atoms with Crippen LogP contribution >= 0.6 is 0 Å². The van der Waals surface area contributed by atoms with Gasteiger partial charge in [0.15, 0.2) is 0 Å². The average Bonchev–Trinajstić information content (AvgIpc) is 2.88. The highest BCUT2D eigenvalue weighted by molar-refractivity contribution is 5.77. The molecule has 0 aromatic carbocycles. The monoisotopic (exact) mass is 570 g/mol. The minimum atomic E-state index is -1.03. The lowest BCUT2D eigenvalue weighted by atomic mass is 9.65. The summed E-state index contributed by atoms with van der Waals surface area (Å²) in [7, 11) is 0. The van der Waals surface area contributed by atoms with Crippen LogP contribution in [0.4, 0.5) is 9.59 Å². The zero-order valence-electron chi connectivity index (χ0n) is 25.2. The van der Waals surface area contributed by atoms with Crippen molar-refractivity contribution in [1.82, 2.24) is 0 Å². The molecule has 0 saturated carbocycles. The lowest BCUT2D eigenvalue weighted by molar-refractivity contribution is -0.257. The van der Waals surface area contributed by atoms with E-state index < -0.39 is 29.7 Å². The Hall–Kier alpha value is -2.78. The van der Waals surface area contributed by atoms with Crippen LogP contribution in [-0.2, 0) is 38.6 Å². The summed E-state index contributed by atoms with van der Waals surface area (Å²) in [6.45, 7) is 10.8. The SMILES string of the molecule is CCCCCCC1C=CC(CCCCCCCC(=O)OOC(=O)OC(C)C)CC1(C)C(=O)OOC(=O)OC(C)C. The van der Waals surface area contributed by atoms with Gasteiger partial charge in [0.1, 0.15) is 0 Å². The van der Waals surface area contributed by atoms with Crippen molar-refractivity contribution in [2.75, 3.05) is 0 Å². The van der Waals surface area contributed by atoms with E-state index >= 15 is 0 Å². The number of hydrogen-bond donors (Lipinski definition) is 0. The van der Waals surface area contributed by atoms with Crippen molar-refractivity contribution in [2.45, 2.75) is 137 Å². The van der Waals surface area contributed by atoms with Gasteiger partial charge in [-0.15, -0.1) is 0 Å². The molecule has 0 amide bonds. The second kappa shape index (κ2) is 19.3. The van der Waals surface area contributed by atoms with E-state index in [0.29, 0.717) is 12.8 Å². The summed E-state index contributed by atoms with van der Waals surface area (Å²) in [5.74, 6) is -0.931. The molecule has 0 spiro atoms. The molecule has 0 heterocycles. The van der Waals surface area contributed by atoms with Crippen molar-refractivity contribution in [3.05, 3.63) is 12.2 Å². The predicted octanol–water partition coefficient (Wildman–Crippen LogP) is 7.93. The molecule has 10 nitrogen and oxygen atoms in total. The van der Waals surface area contributed by atoms with Crippen LogP contribution in [0.5, 0.6) is 0 Å². The largest absolute Gasteiger partial charge is 0.550 e. The van der Waals surface area contributed by atoms with Gasteiger partial charge in [-0.2, -0.15) is 9.59 Å². The Bertz CT molecular complexity index is 806. The predicted molar refractivity (Wildman–Crippen MR) is 148 cm³/mol.